The lowest BCUT2D eigenvalue weighted by atomic mass is 9.97. The van der Waals surface area contributed by atoms with Gasteiger partial charge in [0.05, 0.1) is 17.1 Å². The number of nitrogens with two attached hydrogens (primary N) is 1. The second-order valence-electron chi connectivity index (χ2n) is 5.02. The van der Waals surface area contributed by atoms with E-state index >= 15 is 0 Å². The molecule has 0 atom stereocenters. The smallest absolute Gasteiger partial charge is 0.227 e. The van der Waals surface area contributed by atoms with Crippen molar-refractivity contribution >= 4 is 17.3 Å². The number of fused-ring (bicyclic) bond motifs is 1. The van der Waals surface area contributed by atoms with Crippen molar-refractivity contribution in [3.05, 3.63) is 35.8 Å². The Kier molecular flexibility index (Phi) is 2.89. The third-order valence-electron chi connectivity index (χ3n) is 3.78. The van der Waals surface area contributed by atoms with E-state index in [9.17, 15) is 4.79 Å². The fourth-order valence-electron chi connectivity index (χ4n) is 2.52. The number of carbonyl (C=O) groups is 1. The first-order valence-electron chi connectivity index (χ1n) is 6.55. The average Bonchev–Trinajstić information content (AvgIpc) is 2.46. The summed E-state index contributed by atoms with van der Waals surface area (Å²) in [4.78, 5) is 21.8. The maximum atomic E-state index is 11.7. The number of aromatic nitrogens is 2. The van der Waals surface area contributed by atoms with Gasteiger partial charge in [-0.25, -0.2) is 9.97 Å². The summed E-state index contributed by atoms with van der Waals surface area (Å²) in [5, 5.41) is 0. The summed E-state index contributed by atoms with van der Waals surface area (Å²) in [6.07, 6.45) is 2.83. The topological polar surface area (TPSA) is 72.1 Å². The van der Waals surface area contributed by atoms with Crippen molar-refractivity contribution in [1.29, 1.82) is 0 Å². The first kappa shape index (κ1) is 12.6. The van der Waals surface area contributed by atoms with Crippen molar-refractivity contribution in [3.8, 4) is 11.3 Å². The fraction of sp³-hybridized carbons (Fsp3) is 0.267. The largest absolute Gasteiger partial charge is 0.395 e. The highest BCUT2D eigenvalue weighted by Crippen LogP contribution is 2.32. The van der Waals surface area contributed by atoms with Gasteiger partial charge in [-0.2, -0.15) is 0 Å². The Labute approximate surface area is 117 Å². The van der Waals surface area contributed by atoms with Crippen molar-refractivity contribution in [2.24, 2.45) is 0 Å². The number of benzene rings is 1. The Morgan fingerprint density at radius 3 is 2.85 bits per heavy atom. The third-order valence-corrected chi connectivity index (χ3v) is 3.78. The lowest BCUT2D eigenvalue weighted by Crippen LogP contribution is -2.31. The van der Waals surface area contributed by atoms with E-state index in [0.29, 0.717) is 12.1 Å². The van der Waals surface area contributed by atoms with Gasteiger partial charge in [0.25, 0.3) is 0 Å². The van der Waals surface area contributed by atoms with Crippen LogP contribution in [0.25, 0.3) is 11.3 Å². The molecule has 1 aliphatic heterocycles. The number of aryl methyl sites for hydroxylation is 2. The molecule has 0 bridgehead atoms. The Balaban J connectivity index is 2.09. The van der Waals surface area contributed by atoms with Gasteiger partial charge in [0, 0.05) is 24.7 Å². The molecule has 20 heavy (non-hydrogen) atoms. The zero-order valence-electron chi connectivity index (χ0n) is 11.6. The standard InChI is InChI=1S/C15H16N4O/c1-9-14(16)15(18-8-17-9)11-3-5-12-10(7-11)4-6-13(20)19(12)2/h3,5,7-8H,4,6,16H2,1-2H3. The fourth-order valence-corrected chi connectivity index (χ4v) is 2.52. The van der Waals surface area contributed by atoms with Crippen LogP contribution in [0.3, 0.4) is 0 Å². The maximum absolute atomic E-state index is 11.7. The molecule has 5 nitrogen and oxygen atoms in total. The minimum atomic E-state index is 0.155. The van der Waals surface area contributed by atoms with E-state index in [0.717, 1.165) is 34.6 Å². The van der Waals surface area contributed by atoms with Gasteiger partial charge in [-0.3, -0.25) is 4.79 Å². The summed E-state index contributed by atoms with van der Waals surface area (Å²) in [5.41, 5.74) is 11.3. The predicted octanol–water partition coefficient (Wildman–Crippen LogP) is 1.94. The van der Waals surface area contributed by atoms with Crippen LogP contribution in [0, 0.1) is 6.92 Å². The van der Waals surface area contributed by atoms with Crippen LogP contribution in [0.15, 0.2) is 24.5 Å². The van der Waals surface area contributed by atoms with Gasteiger partial charge in [0.2, 0.25) is 5.91 Å². The molecule has 102 valence electrons. The number of amides is 1. The van der Waals surface area contributed by atoms with Gasteiger partial charge in [0.1, 0.15) is 6.33 Å². The van der Waals surface area contributed by atoms with Crippen molar-refractivity contribution in [2.45, 2.75) is 19.8 Å². The van der Waals surface area contributed by atoms with E-state index in [1.54, 1.807) is 4.90 Å². The maximum Gasteiger partial charge on any atom is 0.227 e. The Bertz CT molecular complexity index is 696. The lowest BCUT2D eigenvalue weighted by molar-refractivity contribution is -0.118. The van der Waals surface area contributed by atoms with Gasteiger partial charge in [-0.1, -0.05) is 6.07 Å². The molecule has 0 spiro atoms. The van der Waals surface area contributed by atoms with Gasteiger partial charge in [-0.15, -0.1) is 0 Å². The van der Waals surface area contributed by atoms with Crippen LogP contribution in [-0.4, -0.2) is 22.9 Å². The summed E-state index contributed by atoms with van der Waals surface area (Å²) < 4.78 is 0. The number of nitrogen functional groups attached to an aromatic ring is 1. The van der Waals surface area contributed by atoms with Crippen molar-refractivity contribution in [1.82, 2.24) is 9.97 Å². The van der Waals surface area contributed by atoms with Crippen LogP contribution in [0.4, 0.5) is 11.4 Å². The molecule has 2 aromatic rings. The highest BCUT2D eigenvalue weighted by Gasteiger charge is 2.21. The first-order chi connectivity index (χ1) is 9.58. The summed E-state index contributed by atoms with van der Waals surface area (Å²) in [6.45, 7) is 1.87. The number of carbonyl (C=O) groups excluding carboxylic acids is 1. The molecular weight excluding hydrogens is 252 g/mol. The molecule has 1 aliphatic rings. The molecule has 1 amide bonds. The Morgan fingerprint density at radius 2 is 2.05 bits per heavy atom. The molecule has 0 saturated heterocycles. The Morgan fingerprint density at radius 1 is 1.25 bits per heavy atom. The van der Waals surface area contributed by atoms with Gasteiger partial charge >= 0.3 is 0 Å². The number of anilines is 2. The summed E-state index contributed by atoms with van der Waals surface area (Å²) in [7, 11) is 1.81. The van der Waals surface area contributed by atoms with Crippen LogP contribution >= 0.6 is 0 Å². The zero-order valence-corrected chi connectivity index (χ0v) is 11.6. The highest BCUT2D eigenvalue weighted by molar-refractivity contribution is 5.96. The molecule has 3 rings (SSSR count). The second kappa shape index (κ2) is 4.59. The van der Waals surface area contributed by atoms with Crippen LogP contribution < -0.4 is 10.6 Å². The highest BCUT2D eigenvalue weighted by atomic mass is 16.2. The van der Waals surface area contributed by atoms with Crippen LogP contribution in [0.5, 0.6) is 0 Å². The minimum Gasteiger partial charge on any atom is -0.395 e. The summed E-state index contributed by atoms with van der Waals surface area (Å²) in [6, 6.07) is 5.97. The zero-order chi connectivity index (χ0) is 14.3. The molecule has 2 heterocycles. The monoisotopic (exact) mass is 268 g/mol. The number of nitrogens with zero attached hydrogens (tertiary/aromatic N) is 3. The van der Waals surface area contributed by atoms with Gasteiger partial charge < -0.3 is 10.6 Å². The molecule has 1 aromatic carbocycles. The van der Waals surface area contributed by atoms with Crippen molar-refractivity contribution in [2.75, 3.05) is 17.7 Å². The number of hydrogen-bond donors (Lipinski definition) is 1. The van der Waals surface area contributed by atoms with E-state index in [1.165, 1.54) is 6.33 Å². The van der Waals surface area contributed by atoms with Crippen LogP contribution in [-0.2, 0) is 11.2 Å². The molecule has 0 fully saturated rings. The van der Waals surface area contributed by atoms with E-state index in [1.807, 2.05) is 26.1 Å². The quantitative estimate of drug-likeness (QED) is 0.858. The summed E-state index contributed by atoms with van der Waals surface area (Å²) >= 11 is 0. The first-order valence-corrected chi connectivity index (χ1v) is 6.55. The van der Waals surface area contributed by atoms with Crippen molar-refractivity contribution < 1.29 is 4.79 Å². The van der Waals surface area contributed by atoms with Crippen molar-refractivity contribution in [3.63, 3.8) is 0 Å². The lowest BCUT2D eigenvalue weighted by Gasteiger charge is -2.26. The van der Waals surface area contributed by atoms with E-state index < -0.39 is 0 Å². The molecule has 0 unspecified atom stereocenters. The molecular formula is C15H16N4O. The molecule has 0 aliphatic carbocycles. The number of hydrogen-bond acceptors (Lipinski definition) is 4. The summed E-state index contributed by atoms with van der Waals surface area (Å²) in [5.74, 6) is 0.155. The van der Waals surface area contributed by atoms with Crippen LogP contribution in [0.2, 0.25) is 0 Å². The van der Waals surface area contributed by atoms with E-state index in [2.05, 4.69) is 16.0 Å². The number of rotatable bonds is 1. The second-order valence-corrected chi connectivity index (χ2v) is 5.02. The molecule has 1 aromatic heterocycles. The van der Waals surface area contributed by atoms with E-state index in [4.69, 9.17) is 5.73 Å². The normalized spacial score (nSPS) is 14.3. The molecule has 5 heteroatoms. The van der Waals surface area contributed by atoms with Crippen LogP contribution in [0.1, 0.15) is 17.7 Å². The van der Waals surface area contributed by atoms with Gasteiger partial charge in [-0.05, 0) is 31.0 Å². The Hall–Kier alpha value is -2.43. The molecule has 2 N–H and O–H groups in total. The van der Waals surface area contributed by atoms with Gasteiger partial charge in [0.15, 0.2) is 0 Å². The molecule has 0 radical (unpaired) electrons. The predicted molar refractivity (Wildman–Crippen MR) is 78.3 cm³/mol. The third kappa shape index (κ3) is 1.91. The van der Waals surface area contributed by atoms with E-state index in [-0.39, 0.29) is 5.91 Å². The average molecular weight is 268 g/mol. The SMILES string of the molecule is Cc1ncnc(-c2ccc3c(c2)CCC(=O)N3C)c1N. The molecule has 0 saturated carbocycles. The minimum absolute atomic E-state index is 0.155.